The van der Waals surface area contributed by atoms with Crippen LogP contribution in [0.3, 0.4) is 0 Å². The number of hydrogen-bond acceptors (Lipinski definition) is 4. The molecule has 31 heavy (non-hydrogen) atoms. The van der Waals surface area contributed by atoms with E-state index in [1.165, 1.54) is 0 Å². The number of aryl methyl sites for hydroxylation is 1. The van der Waals surface area contributed by atoms with Gasteiger partial charge in [-0.2, -0.15) is 0 Å². The largest absolute Gasteiger partial charge is 0.496 e. The second-order valence-corrected chi connectivity index (χ2v) is 7.55. The van der Waals surface area contributed by atoms with Crippen LogP contribution in [-0.4, -0.2) is 33.6 Å². The smallest absolute Gasteiger partial charge is 0.222 e. The van der Waals surface area contributed by atoms with Gasteiger partial charge < -0.3 is 14.6 Å². The van der Waals surface area contributed by atoms with Gasteiger partial charge in [-0.3, -0.25) is 9.78 Å². The molecule has 0 aliphatic heterocycles. The molecule has 0 aliphatic rings. The third kappa shape index (κ3) is 4.74. The predicted molar refractivity (Wildman–Crippen MR) is 122 cm³/mol. The summed E-state index contributed by atoms with van der Waals surface area (Å²) >= 11 is 0. The molecular weight excluding hydrogens is 388 g/mol. The first kappa shape index (κ1) is 20.6. The molecule has 4 rings (SSSR count). The Labute approximate surface area is 181 Å². The first-order valence-electron chi connectivity index (χ1n) is 10.4. The summed E-state index contributed by atoms with van der Waals surface area (Å²) in [6, 6.07) is 19.7. The van der Waals surface area contributed by atoms with E-state index in [9.17, 15) is 4.79 Å². The van der Waals surface area contributed by atoms with Crippen molar-refractivity contribution in [2.24, 2.45) is 0 Å². The van der Waals surface area contributed by atoms with Crippen LogP contribution in [0.1, 0.15) is 18.9 Å². The molecule has 6 heteroatoms. The molecule has 0 saturated carbocycles. The van der Waals surface area contributed by atoms with E-state index in [0.29, 0.717) is 19.4 Å². The number of fused-ring (bicyclic) bond motifs is 1. The fourth-order valence-corrected chi connectivity index (χ4v) is 3.85. The number of carbonyl (C=O) groups excluding carboxylic acids is 1. The molecule has 0 spiro atoms. The van der Waals surface area contributed by atoms with Gasteiger partial charge >= 0.3 is 0 Å². The zero-order chi connectivity index (χ0) is 21.6. The summed E-state index contributed by atoms with van der Waals surface area (Å²) in [6.07, 6.45) is 4.62. The maximum atomic E-state index is 12.7. The molecule has 1 atom stereocenters. The fourth-order valence-electron chi connectivity index (χ4n) is 3.85. The molecule has 0 fully saturated rings. The molecule has 1 unspecified atom stereocenters. The zero-order valence-electron chi connectivity index (χ0n) is 17.8. The molecule has 1 amide bonds. The molecular formula is C25H26N4O2. The van der Waals surface area contributed by atoms with E-state index in [4.69, 9.17) is 4.74 Å². The number of rotatable bonds is 8. The highest BCUT2D eigenvalue weighted by Gasteiger charge is 2.15. The van der Waals surface area contributed by atoms with Crippen LogP contribution in [0.2, 0.25) is 0 Å². The second kappa shape index (κ2) is 9.43. The monoisotopic (exact) mass is 414 g/mol. The third-order valence-corrected chi connectivity index (χ3v) is 5.27. The van der Waals surface area contributed by atoms with Crippen molar-refractivity contribution in [1.29, 1.82) is 0 Å². The summed E-state index contributed by atoms with van der Waals surface area (Å²) in [5.41, 5.74) is 3.77. The van der Waals surface area contributed by atoms with E-state index < -0.39 is 0 Å². The number of nitrogens with zero attached hydrogens (tertiary/aromatic N) is 3. The lowest BCUT2D eigenvalue weighted by Gasteiger charge is -2.16. The van der Waals surface area contributed by atoms with E-state index >= 15 is 0 Å². The Morgan fingerprint density at radius 2 is 1.87 bits per heavy atom. The van der Waals surface area contributed by atoms with Crippen LogP contribution in [0.5, 0.6) is 5.75 Å². The van der Waals surface area contributed by atoms with Crippen LogP contribution in [0.25, 0.3) is 22.4 Å². The van der Waals surface area contributed by atoms with Crippen LogP contribution in [-0.2, 0) is 17.8 Å². The molecule has 3 aromatic heterocycles. The van der Waals surface area contributed by atoms with E-state index in [1.54, 1.807) is 19.5 Å². The van der Waals surface area contributed by atoms with Gasteiger partial charge in [0.2, 0.25) is 5.91 Å². The Bertz CT molecular complexity index is 1170. The van der Waals surface area contributed by atoms with Gasteiger partial charge in [0.15, 0.2) is 0 Å². The zero-order valence-corrected chi connectivity index (χ0v) is 17.8. The Hall–Kier alpha value is -3.67. The number of carbonyl (C=O) groups is 1. The van der Waals surface area contributed by atoms with Crippen molar-refractivity contribution in [1.82, 2.24) is 19.9 Å². The molecule has 0 bridgehead atoms. The highest BCUT2D eigenvalue weighted by atomic mass is 16.5. The van der Waals surface area contributed by atoms with E-state index in [0.717, 1.165) is 33.7 Å². The van der Waals surface area contributed by atoms with Gasteiger partial charge in [-0.1, -0.05) is 24.3 Å². The molecule has 6 nitrogen and oxygen atoms in total. The average Bonchev–Trinajstić information content (AvgIpc) is 3.17. The van der Waals surface area contributed by atoms with Crippen LogP contribution in [0.4, 0.5) is 0 Å². The summed E-state index contributed by atoms with van der Waals surface area (Å²) in [5, 5.41) is 4.14. The number of nitrogens with one attached hydrogen (secondary N) is 1. The summed E-state index contributed by atoms with van der Waals surface area (Å²) in [5.74, 6) is 0.848. The van der Waals surface area contributed by atoms with E-state index in [1.807, 2.05) is 61.5 Å². The Morgan fingerprint density at radius 1 is 1.06 bits per heavy atom. The number of ether oxygens (including phenoxy) is 1. The number of pyridine rings is 2. The number of amides is 1. The van der Waals surface area contributed by atoms with Gasteiger partial charge in [0.05, 0.1) is 18.5 Å². The van der Waals surface area contributed by atoms with Crippen molar-refractivity contribution >= 4 is 16.9 Å². The summed E-state index contributed by atoms with van der Waals surface area (Å²) < 4.78 is 7.49. The van der Waals surface area contributed by atoms with Gasteiger partial charge in [0.1, 0.15) is 11.4 Å². The number of methoxy groups -OCH3 is 1. The molecule has 0 saturated heterocycles. The quantitative estimate of drug-likeness (QED) is 0.468. The highest BCUT2D eigenvalue weighted by Crippen LogP contribution is 2.26. The molecule has 4 aromatic rings. The minimum atomic E-state index is -0.00130. The van der Waals surface area contributed by atoms with Crippen molar-refractivity contribution in [3.8, 4) is 17.1 Å². The third-order valence-electron chi connectivity index (χ3n) is 5.27. The normalized spacial score (nSPS) is 11.9. The summed E-state index contributed by atoms with van der Waals surface area (Å²) in [7, 11) is 1.66. The molecule has 158 valence electrons. The van der Waals surface area contributed by atoms with Crippen molar-refractivity contribution in [2.45, 2.75) is 32.4 Å². The van der Waals surface area contributed by atoms with Crippen molar-refractivity contribution in [2.75, 3.05) is 7.11 Å². The molecule has 3 heterocycles. The number of benzene rings is 1. The topological polar surface area (TPSA) is 69.0 Å². The highest BCUT2D eigenvalue weighted by molar-refractivity contribution is 5.84. The standard InChI is InChI=1S/C25H26N4O2/c1-18(16-19-8-3-4-11-23(19)31-2)28-24(30)12-15-29-22(21-10-5-6-13-26-21)17-20-9-7-14-27-25(20)29/h3-11,13-14,17-18H,12,15-16H2,1-2H3,(H,28,30). The van der Waals surface area contributed by atoms with Crippen molar-refractivity contribution < 1.29 is 9.53 Å². The number of para-hydroxylation sites is 1. The molecule has 0 aliphatic carbocycles. The van der Waals surface area contributed by atoms with Crippen LogP contribution >= 0.6 is 0 Å². The fraction of sp³-hybridized carbons (Fsp3) is 0.240. The average molecular weight is 415 g/mol. The Balaban J connectivity index is 1.46. The Kier molecular flexibility index (Phi) is 6.26. The maximum Gasteiger partial charge on any atom is 0.222 e. The van der Waals surface area contributed by atoms with Crippen LogP contribution in [0.15, 0.2) is 73.1 Å². The van der Waals surface area contributed by atoms with Crippen molar-refractivity contribution in [3.05, 3.63) is 78.6 Å². The maximum absolute atomic E-state index is 12.7. The number of hydrogen-bond donors (Lipinski definition) is 1. The number of aromatic nitrogens is 3. The van der Waals surface area contributed by atoms with Gasteiger partial charge in [0, 0.05) is 36.8 Å². The van der Waals surface area contributed by atoms with Gasteiger partial charge in [-0.15, -0.1) is 0 Å². The van der Waals surface area contributed by atoms with Crippen LogP contribution in [0, 0.1) is 0 Å². The second-order valence-electron chi connectivity index (χ2n) is 7.55. The summed E-state index contributed by atoms with van der Waals surface area (Å²) in [4.78, 5) is 21.7. The van der Waals surface area contributed by atoms with Gasteiger partial charge in [0.25, 0.3) is 0 Å². The summed E-state index contributed by atoms with van der Waals surface area (Å²) in [6.45, 7) is 2.54. The molecule has 1 N–H and O–H groups in total. The SMILES string of the molecule is COc1ccccc1CC(C)NC(=O)CCn1c(-c2ccccn2)cc2cccnc21. The van der Waals surface area contributed by atoms with E-state index in [2.05, 4.69) is 25.9 Å². The van der Waals surface area contributed by atoms with Crippen LogP contribution < -0.4 is 10.1 Å². The first-order valence-corrected chi connectivity index (χ1v) is 10.4. The lowest BCUT2D eigenvalue weighted by Crippen LogP contribution is -2.34. The predicted octanol–water partition coefficient (Wildman–Crippen LogP) is 4.24. The molecule has 0 radical (unpaired) electrons. The van der Waals surface area contributed by atoms with E-state index in [-0.39, 0.29) is 11.9 Å². The van der Waals surface area contributed by atoms with Crippen molar-refractivity contribution in [3.63, 3.8) is 0 Å². The molecule has 1 aromatic carbocycles. The van der Waals surface area contributed by atoms with Gasteiger partial charge in [-0.05, 0) is 55.3 Å². The lowest BCUT2D eigenvalue weighted by atomic mass is 10.1. The minimum absolute atomic E-state index is 0.00130. The Morgan fingerprint density at radius 3 is 2.68 bits per heavy atom. The lowest BCUT2D eigenvalue weighted by molar-refractivity contribution is -0.121. The minimum Gasteiger partial charge on any atom is -0.496 e. The van der Waals surface area contributed by atoms with Gasteiger partial charge in [-0.25, -0.2) is 4.98 Å². The first-order chi connectivity index (χ1) is 15.2.